The molecule has 1 amide bonds. The normalized spacial score (nSPS) is 17.1. The average molecular weight is 438 g/mol. The first-order valence-corrected chi connectivity index (χ1v) is 10.6. The predicted molar refractivity (Wildman–Crippen MR) is 125 cm³/mol. The largest absolute Gasteiger partial charge is 0.507 e. The summed E-state index contributed by atoms with van der Waals surface area (Å²) in [4.78, 5) is 27.7. The second kappa shape index (κ2) is 9.01. The lowest BCUT2D eigenvalue weighted by Crippen LogP contribution is -2.29. The number of aliphatic hydroxyl groups is 1. The third-order valence-corrected chi connectivity index (χ3v) is 5.58. The fraction of sp³-hybridized carbons (Fsp3) is 0.148. The topological polar surface area (TPSA) is 90.6 Å². The van der Waals surface area contributed by atoms with Gasteiger partial charge in [0.05, 0.1) is 29.9 Å². The molecule has 0 saturated carbocycles. The highest BCUT2D eigenvalue weighted by Crippen LogP contribution is 2.42. The molecule has 1 N–H and O–H groups in total. The second-order valence-corrected chi connectivity index (χ2v) is 7.65. The maximum atomic E-state index is 13.2. The highest BCUT2D eigenvalue weighted by atomic mass is 16.5. The van der Waals surface area contributed by atoms with E-state index in [0.29, 0.717) is 34.7 Å². The number of rotatable bonds is 5. The molecule has 0 spiro atoms. The first kappa shape index (κ1) is 21.8. The van der Waals surface area contributed by atoms with Gasteiger partial charge in [-0.25, -0.2) is 0 Å². The molecule has 33 heavy (non-hydrogen) atoms. The van der Waals surface area contributed by atoms with Crippen LogP contribution < -0.4 is 9.64 Å². The highest BCUT2D eigenvalue weighted by Gasteiger charge is 2.46. The lowest BCUT2D eigenvalue weighted by atomic mass is 9.94. The van der Waals surface area contributed by atoms with Crippen LogP contribution in [-0.2, 0) is 9.59 Å². The summed E-state index contributed by atoms with van der Waals surface area (Å²) in [6.45, 7) is 4.25. The van der Waals surface area contributed by atoms with Crippen molar-refractivity contribution in [2.75, 3.05) is 11.5 Å². The number of carbonyl (C=O) groups is 2. The molecule has 4 rings (SSSR count). The molecule has 1 fully saturated rings. The molecular formula is C27H22N2O4. The smallest absolute Gasteiger partial charge is 0.300 e. The van der Waals surface area contributed by atoms with Gasteiger partial charge in [0.15, 0.2) is 0 Å². The number of nitriles is 1. The van der Waals surface area contributed by atoms with Crippen molar-refractivity contribution in [1.29, 1.82) is 5.26 Å². The third kappa shape index (κ3) is 3.97. The van der Waals surface area contributed by atoms with Gasteiger partial charge in [-0.1, -0.05) is 30.3 Å². The Balaban J connectivity index is 1.89. The van der Waals surface area contributed by atoms with Crippen LogP contribution in [0.15, 0.2) is 78.4 Å². The van der Waals surface area contributed by atoms with Crippen molar-refractivity contribution in [2.45, 2.75) is 19.9 Å². The maximum Gasteiger partial charge on any atom is 0.300 e. The number of aliphatic hydroxyl groups excluding tert-OH is 1. The molecule has 0 bridgehead atoms. The molecule has 3 aromatic carbocycles. The van der Waals surface area contributed by atoms with Gasteiger partial charge in [0.2, 0.25) is 0 Å². The quantitative estimate of drug-likeness (QED) is 0.348. The van der Waals surface area contributed by atoms with Crippen LogP contribution in [0.3, 0.4) is 0 Å². The summed E-state index contributed by atoms with van der Waals surface area (Å²) < 4.78 is 5.57. The summed E-state index contributed by atoms with van der Waals surface area (Å²) in [6, 6.07) is 21.9. The molecule has 0 aliphatic carbocycles. The Labute approximate surface area is 192 Å². The van der Waals surface area contributed by atoms with Crippen LogP contribution >= 0.6 is 0 Å². The first-order chi connectivity index (χ1) is 16.0. The van der Waals surface area contributed by atoms with Crippen LogP contribution in [0.25, 0.3) is 5.76 Å². The van der Waals surface area contributed by atoms with Gasteiger partial charge in [-0.15, -0.1) is 0 Å². The maximum absolute atomic E-state index is 13.2. The Morgan fingerprint density at radius 1 is 1.06 bits per heavy atom. The summed E-state index contributed by atoms with van der Waals surface area (Å²) in [5, 5.41) is 20.3. The summed E-state index contributed by atoms with van der Waals surface area (Å²) in [5.41, 5.74) is 2.83. The van der Waals surface area contributed by atoms with E-state index in [1.165, 1.54) is 4.90 Å². The highest BCUT2D eigenvalue weighted by molar-refractivity contribution is 6.51. The van der Waals surface area contributed by atoms with Gasteiger partial charge < -0.3 is 9.84 Å². The fourth-order valence-electron chi connectivity index (χ4n) is 4.02. The molecule has 1 aliphatic heterocycles. The number of anilines is 1. The lowest BCUT2D eigenvalue weighted by Gasteiger charge is -2.25. The number of hydrogen-bond acceptors (Lipinski definition) is 5. The monoisotopic (exact) mass is 438 g/mol. The zero-order chi connectivity index (χ0) is 23.5. The zero-order valence-corrected chi connectivity index (χ0v) is 18.3. The lowest BCUT2D eigenvalue weighted by molar-refractivity contribution is -0.132. The van der Waals surface area contributed by atoms with E-state index in [9.17, 15) is 14.7 Å². The molecule has 1 heterocycles. The van der Waals surface area contributed by atoms with Crippen LogP contribution in [0.5, 0.6) is 5.75 Å². The minimum atomic E-state index is -0.814. The fourth-order valence-corrected chi connectivity index (χ4v) is 4.02. The van der Waals surface area contributed by atoms with E-state index in [2.05, 4.69) is 0 Å². The molecule has 164 valence electrons. The minimum Gasteiger partial charge on any atom is -0.507 e. The van der Waals surface area contributed by atoms with Crippen molar-refractivity contribution < 1.29 is 19.4 Å². The molecule has 3 aromatic rings. The number of benzene rings is 3. The standard InChI is InChI=1S/C27H22N2O4/c1-3-33-22-14-11-20(15-17(22)2)25(30)23-24(19-7-5-4-6-8-19)29(27(32)26(23)31)21-12-9-18(16-28)10-13-21/h4-15,24,30H,3H2,1-2H3/b25-23-. The number of Topliss-reactive ketones (excluding diaryl/α,β-unsaturated/α-hetero) is 1. The van der Waals surface area contributed by atoms with Gasteiger partial charge in [0.1, 0.15) is 11.5 Å². The van der Waals surface area contributed by atoms with Gasteiger partial charge >= 0.3 is 0 Å². The number of amides is 1. The van der Waals surface area contributed by atoms with Crippen molar-refractivity contribution in [3.05, 3.63) is 101 Å². The number of carbonyl (C=O) groups excluding carboxylic acids is 2. The predicted octanol–water partition coefficient (Wildman–Crippen LogP) is 4.89. The number of ketones is 1. The number of ether oxygens (including phenoxy) is 1. The average Bonchev–Trinajstić information content (AvgIpc) is 3.11. The van der Waals surface area contributed by atoms with Gasteiger partial charge in [-0.05, 0) is 67.4 Å². The van der Waals surface area contributed by atoms with Crippen molar-refractivity contribution in [2.24, 2.45) is 0 Å². The Morgan fingerprint density at radius 3 is 2.36 bits per heavy atom. The minimum absolute atomic E-state index is 0.0131. The third-order valence-electron chi connectivity index (χ3n) is 5.58. The number of nitrogens with zero attached hydrogens (tertiary/aromatic N) is 2. The SMILES string of the molecule is CCOc1ccc(/C(O)=C2/C(=O)C(=O)N(c3ccc(C#N)cc3)C2c2ccccc2)cc1C. The van der Waals surface area contributed by atoms with E-state index >= 15 is 0 Å². The molecule has 6 heteroatoms. The molecule has 6 nitrogen and oxygen atoms in total. The van der Waals surface area contributed by atoms with Crippen molar-refractivity contribution in [1.82, 2.24) is 0 Å². The molecule has 1 aliphatic rings. The Bertz CT molecular complexity index is 1290. The molecule has 1 unspecified atom stereocenters. The summed E-state index contributed by atoms with van der Waals surface area (Å²) in [7, 11) is 0. The van der Waals surface area contributed by atoms with E-state index in [0.717, 1.165) is 5.56 Å². The van der Waals surface area contributed by atoms with E-state index in [4.69, 9.17) is 10.00 Å². The molecule has 1 saturated heterocycles. The molecular weight excluding hydrogens is 416 g/mol. The van der Waals surface area contributed by atoms with Crippen LogP contribution in [0, 0.1) is 18.3 Å². The van der Waals surface area contributed by atoms with Crippen LogP contribution in [-0.4, -0.2) is 23.4 Å². The summed E-state index contributed by atoms with van der Waals surface area (Å²) in [6.07, 6.45) is 0. The Morgan fingerprint density at radius 2 is 1.76 bits per heavy atom. The Hall–Kier alpha value is -4.37. The molecule has 1 atom stereocenters. The number of hydrogen-bond donors (Lipinski definition) is 1. The summed E-state index contributed by atoms with van der Waals surface area (Å²) >= 11 is 0. The van der Waals surface area contributed by atoms with E-state index in [-0.39, 0.29) is 11.3 Å². The van der Waals surface area contributed by atoms with E-state index in [1.807, 2.05) is 50.2 Å². The van der Waals surface area contributed by atoms with E-state index in [1.54, 1.807) is 42.5 Å². The molecule has 0 aromatic heterocycles. The first-order valence-electron chi connectivity index (χ1n) is 10.6. The van der Waals surface area contributed by atoms with Crippen LogP contribution in [0.2, 0.25) is 0 Å². The van der Waals surface area contributed by atoms with Crippen LogP contribution in [0.1, 0.15) is 35.2 Å². The van der Waals surface area contributed by atoms with Crippen LogP contribution in [0.4, 0.5) is 5.69 Å². The van der Waals surface area contributed by atoms with Gasteiger partial charge in [-0.2, -0.15) is 5.26 Å². The van der Waals surface area contributed by atoms with Crippen molar-refractivity contribution in [3.63, 3.8) is 0 Å². The summed E-state index contributed by atoms with van der Waals surface area (Å²) in [5.74, 6) is -1.06. The van der Waals surface area contributed by atoms with Crippen molar-refractivity contribution in [3.8, 4) is 11.8 Å². The van der Waals surface area contributed by atoms with Gasteiger partial charge in [0, 0.05) is 11.3 Å². The zero-order valence-electron chi connectivity index (χ0n) is 18.3. The Kier molecular flexibility index (Phi) is 5.97. The van der Waals surface area contributed by atoms with Gasteiger partial charge in [-0.3, -0.25) is 14.5 Å². The van der Waals surface area contributed by atoms with E-state index < -0.39 is 17.7 Å². The second-order valence-electron chi connectivity index (χ2n) is 7.65. The number of aryl methyl sites for hydroxylation is 1. The molecule has 0 radical (unpaired) electrons. The van der Waals surface area contributed by atoms with Gasteiger partial charge in [0.25, 0.3) is 11.7 Å². The van der Waals surface area contributed by atoms with Crippen molar-refractivity contribution >= 4 is 23.1 Å².